The highest BCUT2D eigenvalue weighted by atomic mass is 32.2. The normalized spacial score (nSPS) is 34.8. The SMILES string of the molecule is CN[C@@H](C)C(=O)NC1CC(C2Cc3ccccc3C2C2CC(NC(=O)[C@H](C)NC)C(=O)N3C(CC(C)(C)C3C(N)=O)S2)SC2CC(C)(C)C(C(N)=O)N2C1=O. The highest BCUT2D eigenvalue weighted by molar-refractivity contribution is 8.00. The van der Waals surface area contributed by atoms with Gasteiger partial charge in [-0.3, -0.25) is 28.8 Å². The lowest BCUT2D eigenvalue weighted by molar-refractivity contribution is -0.142. The number of carbonyl (C=O) groups excluding carboxylic acids is 6. The van der Waals surface area contributed by atoms with Crippen molar-refractivity contribution in [1.82, 2.24) is 31.1 Å². The first-order valence-electron chi connectivity index (χ1n) is 19.4. The lowest BCUT2D eigenvalue weighted by atomic mass is 9.82. The highest BCUT2D eigenvalue weighted by Crippen LogP contribution is 2.57. The largest absolute Gasteiger partial charge is 0.368 e. The second-order valence-electron chi connectivity index (χ2n) is 17.5. The van der Waals surface area contributed by atoms with Crippen LogP contribution in [0.3, 0.4) is 0 Å². The monoisotopic (exact) mass is 798 g/mol. The topological polar surface area (TPSA) is 209 Å². The van der Waals surface area contributed by atoms with E-state index in [9.17, 15) is 28.8 Å². The van der Waals surface area contributed by atoms with Gasteiger partial charge in [-0.05, 0) is 87.9 Å². The van der Waals surface area contributed by atoms with Crippen molar-refractivity contribution in [3.8, 4) is 0 Å². The Morgan fingerprint density at radius 3 is 1.64 bits per heavy atom. The average molecular weight is 799 g/mol. The van der Waals surface area contributed by atoms with E-state index < -0.39 is 58.9 Å². The van der Waals surface area contributed by atoms with Crippen molar-refractivity contribution >= 4 is 59.0 Å². The molecule has 4 aliphatic heterocycles. The Morgan fingerprint density at radius 2 is 1.18 bits per heavy atom. The predicted molar refractivity (Wildman–Crippen MR) is 213 cm³/mol. The lowest BCUT2D eigenvalue weighted by Crippen LogP contribution is -2.57. The smallest absolute Gasteiger partial charge is 0.246 e. The minimum absolute atomic E-state index is 0.0416. The van der Waals surface area contributed by atoms with Gasteiger partial charge in [-0.15, -0.1) is 23.5 Å². The summed E-state index contributed by atoms with van der Waals surface area (Å²) in [5.41, 5.74) is 13.2. The highest BCUT2D eigenvalue weighted by Gasteiger charge is 2.59. The van der Waals surface area contributed by atoms with Crippen LogP contribution in [0.15, 0.2) is 24.3 Å². The Morgan fingerprint density at radius 1 is 0.745 bits per heavy atom. The molecule has 4 heterocycles. The molecule has 4 saturated heterocycles. The Kier molecular flexibility index (Phi) is 11.7. The molecule has 1 aliphatic carbocycles. The third kappa shape index (κ3) is 7.60. The number of nitrogens with two attached hydrogens (primary N) is 2. The third-order valence-corrected chi connectivity index (χ3v) is 15.9. The number of rotatable bonds is 10. The minimum Gasteiger partial charge on any atom is -0.368 e. The standard InChI is InChI=1S/C39H58N8O6S2/c1-18(42-7)34(50)44-23-14-25(54-27-16-38(3,4)30(32(40)48)46(27)36(23)52)22-13-20-11-9-10-12-21(20)29(22)26-15-24(45-35(51)19(2)43-8)37(53)47-28(55-26)17-39(5,6)31(47)33(41)49/h9-12,18-19,22-31,42-43H,13-17H2,1-8H3,(H2,40,48)(H2,41,49)(H,44,50)(H,45,51)/t18-,19-,22?,23?,24?,25?,26?,27?,28?,29?,30?,31?/m0/s1. The Balaban J connectivity index is 1.43. The first-order chi connectivity index (χ1) is 25.8. The summed E-state index contributed by atoms with van der Waals surface area (Å²) in [4.78, 5) is 85.3. The van der Waals surface area contributed by atoms with Crippen LogP contribution in [0, 0.1) is 16.7 Å². The molecule has 1 aromatic carbocycles. The van der Waals surface area contributed by atoms with Gasteiger partial charge < -0.3 is 42.5 Å². The van der Waals surface area contributed by atoms with E-state index in [0.717, 1.165) is 5.56 Å². The molecule has 1 aromatic rings. The number of benzene rings is 1. The molecule has 6 rings (SSSR count). The number of fused-ring (bicyclic) bond motifs is 3. The number of thioether (sulfide) groups is 2. The Bertz CT molecular complexity index is 1730. The van der Waals surface area contributed by atoms with Gasteiger partial charge in [-0.2, -0.15) is 0 Å². The van der Waals surface area contributed by atoms with Crippen LogP contribution < -0.4 is 32.7 Å². The predicted octanol–water partition coefficient (Wildman–Crippen LogP) is 1.02. The molecule has 14 nitrogen and oxygen atoms in total. The zero-order chi connectivity index (χ0) is 40.3. The number of hydrogen-bond acceptors (Lipinski definition) is 10. The molecule has 16 heteroatoms. The second-order valence-corrected chi connectivity index (χ2v) is 20.3. The van der Waals surface area contributed by atoms with Crippen LogP contribution in [0.5, 0.6) is 0 Å². The average Bonchev–Trinajstić information content (AvgIpc) is 3.67. The number of carbonyl (C=O) groups is 6. The molecule has 0 saturated carbocycles. The van der Waals surface area contributed by atoms with Crippen molar-refractivity contribution in [2.24, 2.45) is 28.2 Å². The molecule has 302 valence electrons. The van der Waals surface area contributed by atoms with E-state index in [0.29, 0.717) is 32.1 Å². The summed E-state index contributed by atoms with van der Waals surface area (Å²) in [6.07, 6.45) is 2.46. The zero-order valence-electron chi connectivity index (χ0n) is 33.1. The number of amides is 6. The molecule has 12 atom stereocenters. The maximum absolute atomic E-state index is 14.6. The van der Waals surface area contributed by atoms with Crippen molar-refractivity contribution in [3.63, 3.8) is 0 Å². The summed E-state index contributed by atoms with van der Waals surface area (Å²) < 4.78 is 0. The van der Waals surface area contributed by atoms with Gasteiger partial charge in [-0.25, -0.2) is 0 Å². The number of nitrogens with zero attached hydrogens (tertiary/aromatic N) is 2. The number of primary amides is 2. The van der Waals surface area contributed by atoms with E-state index in [-0.39, 0.29) is 56.7 Å². The maximum Gasteiger partial charge on any atom is 0.246 e. The van der Waals surface area contributed by atoms with E-state index in [1.165, 1.54) is 5.56 Å². The van der Waals surface area contributed by atoms with Crippen LogP contribution in [0.2, 0.25) is 0 Å². The van der Waals surface area contributed by atoms with Crippen LogP contribution in [-0.2, 0) is 35.2 Å². The molecule has 8 N–H and O–H groups in total. The van der Waals surface area contributed by atoms with Crippen LogP contribution in [0.4, 0.5) is 0 Å². The second kappa shape index (κ2) is 15.5. The molecule has 0 bridgehead atoms. The minimum atomic E-state index is -0.907. The summed E-state index contributed by atoms with van der Waals surface area (Å²) >= 11 is 3.36. The molecule has 10 unspecified atom stereocenters. The lowest BCUT2D eigenvalue weighted by Gasteiger charge is -2.36. The van der Waals surface area contributed by atoms with E-state index in [1.807, 2.05) is 39.8 Å². The van der Waals surface area contributed by atoms with Gasteiger partial charge in [0.1, 0.15) is 24.2 Å². The van der Waals surface area contributed by atoms with Gasteiger partial charge in [0.15, 0.2) is 0 Å². The molecule has 0 aromatic heterocycles. The fraction of sp³-hybridized carbons (Fsp3) is 0.692. The van der Waals surface area contributed by atoms with E-state index in [4.69, 9.17) is 11.5 Å². The fourth-order valence-electron chi connectivity index (χ4n) is 9.86. The van der Waals surface area contributed by atoms with Crippen molar-refractivity contribution in [1.29, 1.82) is 0 Å². The summed E-state index contributed by atoms with van der Waals surface area (Å²) in [5.74, 6) is -2.56. The van der Waals surface area contributed by atoms with Gasteiger partial charge in [0, 0.05) is 16.4 Å². The van der Waals surface area contributed by atoms with Crippen LogP contribution in [0.25, 0.3) is 0 Å². The van der Waals surface area contributed by atoms with Gasteiger partial charge in [-0.1, -0.05) is 52.0 Å². The zero-order valence-corrected chi connectivity index (χ0v) is 34.7. The number of likely N-dealkylation sites (N-methyl/N-ethyl adjacent to an activating group) is 2. The number of hydrogen-bond donors (Lipinski definition) is 6. The molecular weight excluding hydrogens is 741 g/mol. The summed E-state index contributed by atoms with van der Waals surface area (Å²) in [6.45, 7) is 11.3. The molecule has 0 spiro atoms. The molecule has 0 radical (unpaired) electrons. The van der Waals surface area contributed by atoms with E-state index in [1.54, 1.807) is 61.3 Å². The van der Waals surface area contributed by atoms with Gasteiger partial charge in [0.2, 0.25) is 35.4 Å². The molecule has 6 amide bonds. The van der Waals surface area contributed by atoms with Gasteiger partial charge >= 0.3 is 0 Å². The first-order valence-corrected chi connectivity index (χ1v) is 21.3. The van der Waals surface area contributed by atoms with Crippen LogP contribution in [0.1, 0.15) is 84.3 Å². The molecule has 5 aliphatic rings. The fourth-order valence-corrected chi connectivity index (χ4v) is 14.0. The molecular formula is C39H58N8O6S2. The van der Waals surface area contributed by atoms with Gasteiger partial charge in [0.25, 0.3) is 0 Å². The molecule has 55 heavy (non-hydrogen) atoms. The van der Waals surface area contributed by atoms with Gasteiger partial charge in [0.05, 0.1) is 22.8 Å². The van der Waals surface area contributed by atoms with Crippen LogP contribution in [-0.4, -0.2) is 117 Å². The summed E-state index contributed by atoms with van der Waals surface area (Å²) in [7, 11) is 3.37. The molecule has 4 fully saturated rings. The Hall–Kier alpha value is -3.34. The summed E-state index contributed by atoms with van der Waals surface area (Å²) in [5, 5.41) is 10.9. The maximum atomic E-state index is 14.6. The van der Waals surface area contributed by atoms with Crippen molar-refractivity contribution in [3.05, 3.63) is 35.4 Å². The number of nitrogens with one attached hydrogen (secondary N) is 4. The summed E-state index contributed by atoms with van der Waals surface area (Å²) in [6, 6.07) is 3.72. The van der Waals surface area contributed by atoms with E-state index in [2.05, 4.69) is 33.4 Å². The third-order valence-electron chi connectivity index (χ3n) is 12.8. The van der Waals surface area contributed by atoms with Crippen LogP contribution >= 0.6 is 23.5 Å². The van der Waals surface area contributed by atoms with Crippen molar-refractivity contribution < 1.29 is 28.8 Å². The van der Waals surface area contributed by atoms with E-state index >= 15 is 0 Å². The van der Waals surface area contributed by atoms with Crippen molar-refractivity contribution in [2.75, 3.05) is 14.1 Å². The van der Waals surface area contributed by atoms with Crippen molar-refractivity contribution in [2.45, 2.75) is 137 Å². The first kappa shape index (κ1) is 41.3. The quantitative estimate of drug-likeness (QED) is 0.198. The Labute approximate surface area is 332 Å².